The van der Waals surface area contributed by atoms with Crippen LogP contribution in [0.15, 0.2) is 24.3 Å². The van der Waals surface area contributed by atoms with Crippen molar-refractivity contribution in [3.63, 3.8) is 0 Å². The first-order chi connectivity index (χ1) is 17.5. The highest BCUT2D eigenvalue weighted by molar-refractivity contribution is 6.02. The molecule has 2 saturated heterocycles. The number of carbonyl (C=O) groups is 4. The lowest BCUT2D eigenvalue weighted by atomic mass is 9.97. The summed E-state index contributed by atoms with van der Waals surface area (Å²) in [6, 6.07) is 5.25. The number of likely N-dealkylation sites (tertiary alicyclic amines) is 1. The Morgan fingerprint density at radius 3 is 2.65 bits per heavy atom. The number of nitrogens with one attached hydrogen (secondary N) is 3. The van der Waals surface area contributed by atoms with E-state index >= 15 is 0 Å². The van der Waals surface area contributed by atoms with Gasteiger partial charge in [0.1, 0.15) is 23.5 Å². The molecule has 5 N–H and O–H groups in total. The van der Waals surface area contributed by atoms with Crippen LogP contribution in [0.25, 0.3) is 10.9 Å². The second-order valence-electron chi connectivity index (χ2n) is 10.6. The smallest absolute Gasteiger partial charge is 0.271 e. The Balaban J connectivity index is 1.57. The molecule has 11 heteroatoms. The van der Waals surface area contributed by atoms with Crippen LogP contribution in [0.5, 0.6) is 5.75 Å². The van der Waals surface area contributed by atoms with Crippen molar-refractivity contribution >= 4 is 34.5 Å². The normalized spacial score (nSPS) is 22.6. The topological polar surface area (TPSA) is 156 Å². The number of carbonyl (C=O) groups excluding carboxylic acids is 4. The monoisotopic (exact) mass is 513 g/mol. The second-order valence-corrected chi connectivity index (χ2v) is 10.6. The van der Waals surface area contributed by atoms with Gasteiger partial charge >= 0.3 is 0 Å². The number of hydrogen-bond acceptors (Lipinski definition) is 6. The third-order valence-corrected chi connectivity index (χ3v) is 6.76. The molecule has 0 saturated carbocycles. The van der Waals surface area contributed by atoms with Crippen LogP contribution in [0.2, 0.25) is 0 Å². The predicted octanol–water partition coefficient (Wildman–Crippen LogP) is 1.07. The van der Waals surface area contributed by atoms with Crippen LogP contribution in [-0.4, -0.2) is 77.5 Å². The largest absolute Gasteiger partial charge is 0.496 e. The van der Waals surface area contributed by atoms with E-state index in [1.165, 1.54) is 4.90 Å². The summed E-state index contributed by atoms with van der Waals surface area (Å²) in [6.07, 6.45) is 0.550. The van der Waals surface area contributed by atoms with Crippen LogP contribution >= 0.6 is 0 Å². The summed E-state index contributed by atoms with van der Waals surface area (Å²) in [5.41, 5.74) is 6.12. The molecule has 2 fully saturated rings. The van der Waals surface area contributed by atoms with E-state index in [2.05, 4.69) is 15.6 Å². The molecular weight excluding hydrogens is 478 g/mol. The van der Waals surface area contributed by atoms with Crippen molar-refractivity contribution in [2.75, 3.05) is 20.2 Å². The van der Waals surface area contributed by atoms with E-state index in [1.807, 2.05) is 32.9 Å². The van der Waals surface area contributed by atoms with E-state index < -0.39 is 35.4 Å². The minimum absolute atomic E-state index is 0.108. The zero-order valence-electron chi connectivity index (χ0n) is 21.6. The maximum Gasteiger partial charge on any atom is 0.271 e. The summed E-state index contributed by atoms with van der Waals surface area (Å²) >= 11 is 0. The Labute approximate surface area is 215 Å². The SMILES string of the molecule is COc1cccc2[nH]c(C(=O)N3C[C@H](OC(C)(C)C)C[C@H]3C(=O)N[C@@H](C[C@@H]3CCNC3=O)C(N)=O)cc12. The molecule has 4 atom stereocenters. The Hall–Kier alpha value is -3.60. The third-order valence-electron chi connectivity index (χ3n) is 6.76. The van der Waals surface area contributed by atoms with Crippen LogP contribution < -0.4 is 21.1 Å². The van der Waals surface area contributed by atoms with Crippen LogP contribution in [0, 0.1) is 5.92 Å². The second kappa shape index (κ2) is 10.4. The molecule has 0 unspecified atom stereocenters. The van der Waals surface area contributed by atoms with Crippen LogP contribution in [0.1, 0.15) is 50.5 Å². The zero-order valence-corrected chi connectivity index (χ0v) is 21.6. The van der Waals surface area contributed by atoms with E-state index in [4.69, 9.17) is 15.2 Å². The van der Waals surface area contributed by atoms with Crippen molar-refractivity contribution in [2.24, 2.45) is 11.7 Å². The molecule has 37 heavy (non-hydrogen) atoms. The van der Waals surface area contributed by atoms with Crippen molar-refractivity contribution in [1.82, 2.24) is 20.5 Å². The van der Waals surface area contributed by atoms with Gasteiger partial charge in [0.25, 0.3) is 5.91 Å². The zero-order chi connectivity index (χ0) is 26.9. The minimum atomic E-state index is -1.03. The summed E-state index contributed by atoms with van der Waals surface area (Å²) in [5, 5.41) is 6.17. The molecule has 200 valence electrons. The quantitative estimate of drug-likeness (QED) is 0.414. The Morgan fingerprint density at radius 1 is 1.27 bits per heavy atom. The average Bonchev–Trinajstić information content (AvgIpc) is 3.55. The molecule has 2 aliphatic heterocycles. The van der Waals surface area contributed by atoms with Gasteiger partial charge in [-0.15, -0.1) is 0 Å². The highest BCUT2D eigenvalue weighted by Gasteiger charge is 2.43. The summed E-state index contributed by atoms with van der Waals surface area (Å²) in [6.45, 7) is 6.45. The Morgan fingerprint density at radius 2 is 2.03 bits per heavy atom. The number of fused-ring (bicyclic) bond motifs is 1. The fourth-order valence-electron chi connectivity index (χ4n) is 5.10. The number of primary amides is 1. The van der Waals surface area contributed by atoms with Crippen LogP contribution in [-0.2, 0) is 19.1 Å². The molecule has 0 aliphatic carbocycles. The number of aromatic nitrogens is 1. The van der Waals surface area contributed by atoms with Crippen molar-refractivity contribution in [2.45, 2.75) is 63.8 Å². The lowest BCUT2D eigenvalue weighted by Crippen LogP contribution is -2.53. The van der Waals surface area contributed by atoms with Gasteiger partial charge in [-0.3, -0.25) is 19.2 Å². The Kier molecular flexibility index (Phi) is 7.44. The van der Waals surface area contributed by atoms with E-state index in [1.54, 1.807) is 19.2 Å². The van der Waals surface area contributed by atoms with E-state index in [9.17, 15) is 19.2 Å². The van der Waals surface area contributed by atoms with Gasteiger partial charge < -0.3 is 35.7 Å². The number of aromatic amines is 1. The molecule has 2 aromatic rings. The number of H-pyrrole nitrogens is 1. The first-order valence-electron chi connectivity index (χ1n) is 12.5. The molecular formula is C26H35N5O6. The van der Waals surface area contributed by atoms with Crippen LogP contribution in [0.4, 0.5) is 0 Å². The molecule has 1 aromatic heterocycles. The summed E-state index contributed by atoms with van der Waals surface area (Å²) in [4.78, 5) is 55.8. The molecule has 4 amide bonds. The van der Waals surface area contributed by atoms with Gasteiger partial charge in [-0.05, 0) is 51.8 Å². The number of amides is 4. The number of nitrogens with two attached hydrogens (primary N) is 1. The fraction of sp³-hybridized carbons (Fsp3) is 0.538. The number of hydrogen-bond donors (Lipinski definition) is 4. The number of methoxy groups -OCH3 is 1. The first-order valence-corrected chi connectivity index (χ1v) is 12.5. The van der Waals surface area contributed by atoms with E-state index in [0.29, 0.717) is 24.4 Å². The van der Waals surface area contributed by atoms with Gasteiger partial charge in [0, 0.05) is 36.3 Å². The van der Waals surface area contributed by atoms with Gasteiger partial charge in [0.2, 0.25) is 17.7 Å². The molecule has 1 aromatic carbocycles. The molecule has 3 heterocycles. The van der Waals surface area contributed by atoms with Gasteiger partial charge in [-0.1, -0.05) is 6.07 Å². The number of ether oxygens (including phenoxy) is 2. The first kappa shape index (κ1) is 26.5. The highest BCUT2D eigenvalue weighted by atomic mass is 16.5. The molecule has 11 nitrogen and oxygen atoms in total. The molecule has 0 bridgehead atoms. The highest BCUT2D eigenvalue weighted by Crippen LogP contribution is 2.30. The third kappa shape index (κ3) is 5.87. The van der Waals surface area contributed by atoms with E-state index in [0.717, 1.165) is 10.9 Å². The average molecular weight is 514 g/mol. The van der Waals surface area contributed by atoms with Gasteiger partial charge in [-0.2, -0.15) is 0 Å². The molecule has 2 aliphatic rings. The van der Waals surface area contributed by atoms with Gasteiger partial charge in [0.05, 0.1) is 18.8 Å². The van der Waals surface area contributed by atoms with Crippen molar-refractivity contribution in [3.8, 4) is 5.75 Å². The summed E-state index contributed by atoms with van der Waals surface area (Å²) in [7, 11) is 1.56. The van der Waals surface area contributed by atoms with E-state index in [-0.39, 0.29) is 37.3 Å². The van der Waals surface area contributed by atoms with Gasteiger partial charge in [0.15, 0.2) is 0 Å². The Bertz CT molecular complexity index is 1200. The lowest BCUT2D eigenvalue weighted by molar-refractivity contribution is -0.131. The maximum absolute atomic E-state index is 13.7. The number of benzene rings is 1. The molecule has 0 radical (unpaired) electrons. The maximum atomic E-state index is 13.7. The molecule has 0 spiro atoms. The van der Waals surface area contributed by atoms with Gasteiger partial charge in [-0.25, -0.2) is 0 Å². The predicted molar refractivity (Wildman–Crippen MR) is 136 cm³/mol. The standard InChI is InChI=1S/C26H35N5O6/c1-26(2,3)37-15-11-20(24(34)30-18(22(27)32)10-14-8-9-28-23(14)33)31(13-15)25(35)19-12-16-17(29-19)6-5-7-21(16)36-4/h5-7,12,14-15,18,20,29H,8-11,13H2,1-4H3,(H2,27,32)(H,28,33)(H,30,34)/t14-,15+,18-,20-/m0/s1. The summed E-state index contributed by atoms with van der Waals surface area (Å²) < 4.78 is 11.5. The van der Waals surface area contributed by atoms with Crippen molar-refractivity contribution in [3.05, 3.63) is 30.0 Å². The van der Waals surface area contributed by atoms with Crippen molar-refractivity contribution < 1.29 is 28.7 Å². The number of nitrogens with zero attached hydrogens (tertiary/aromatic N) is 1. The van der Waals surface area contributed by atoms with Crippen LogP contribution in [0.3, 0.4) is 0 Å². The lowest BCUT2D eigenvalue weighted by Gasteiger charge is -2.26. The number of rotatable bonds is 8. The fourth-order valence-corrected chi connectivity index (χ4v) is 5.10. The minimum Gasteiger partial charge on any atom is -0.496 e. The van der Waals surface area contributed by atoms with Crippen molar-refractivity contribution in [1.29, 1.82) is 0 Å². The molecule has 4 rings (SSSR count). The summed E-state index contributed by atoms with van der Waals surface area (Å²) in [5.74, 6) is -1.55.